The molecule has 1 aliphatic carbocycles. The Kier molecular flexibility index (Phi) is 3.76. The average molecular weight is 279 g/mol. The highest BCUT2D eigenvalue weighted by Gasteiger charge is 2.29. The molecule has 1 N–H and O–H groups in total. The second-order valence-corrected chi connectivity index (χ2v) is 7.13. The van der Waals surface area contributed by atoms with Crippen LogP contribution in [0.5, 0.6) is 0 Å². The second-order valence-electron chi connectivity index (χ2n) is 6.13. The molecule has 0 saturated heterocycles. The molecule has 0 radical (unpaired) electrons. The number of nitrogens with zero attached hydrogens (tertiary/aromatic N) is 2. The van der Waals surface area contributed by atoms with Gasteiger partial charge in [-0.2, -0.15) is 5.10 Å². The molecule has 1 amide bonds. The summed E-state index contributed by atoms with van der Waals surface area (Å²) in [7, 11) is 0. The molecule has 1 saturated carbocycles. The highest BCUT2D eigenvalue weighted by Crippen LogP contribution is 2.30. The number of hydrogen-bond donors (Lipinski definition) is 1. The van der Waals surface area contributed by atoms with Gasteiger partial charge in [-0.1, -0.05) is 20.8 Å². The summed E-state index contributed by atoms with van der Waals surface area (Å²) in [6.45, 7) is 10.4. The number of amides is 1. The number of carbonyl (C=O) groups is 1. The van der Waals surface area contributed by atoms with Gasteiger partial charge in [0.15, 0.2) is 0 Å². The van der Waals surface area contributed by atoms with Crippen molar-refractivity contribution in [3.63, 3.8) is 0 Å². The molecule has 0 atom stereocenters. The van der Waals surface area contributed by atoms with Crippen molar-refractivity contribution < 1.29 is 4.79 Å². The largest absolute Gasteiger partial charge is 0.273 e. The first-order valence-electron chi connectivity index (χ1n) is 6.61. The van der Waals surface area contributed by atoms with Gasteiger partial charge in [-0.25, -0.2) is 10.4 Å². The third-order valence-electron chi connectivity index (χ3n) is 3.05. The molecule has 1 aromatic rings. The predicted molar refractivity (Wildman–Crippen MR) is 78.6 cm³/mol. The third kappa shape index (κ3) is 3.41. The molecule has 2 rings (SSSR count). The van der Waals surface area contributed by atoms with Crippen LogP contribution in [0, 0.1) is 12.8 Å². The summed E-state index contributed by atoms with van der Waals surface area (Å²) >= 11 is 1.66. The van der Waals surface area contributed by atoms with Crippen LogP contribution < -0.4 is 5.43 Å². The van der Waals surface area contributed by atoms with Gasteiger partial charge in [0, 0.05) is 11.3 Å². The van der Waals surface area contributed by atoms with Crippen molar-refractivity contribution in [3.05, 3.63) is 15.6 Å². The van der Waals surface area contributed by atoms with E-state index in [0.29, 0.717) is 0 Å². The molecule has 104 valence electrons. The summed E-state index contributed by atoms with van der Waals surface area (Å²) in [5.41, 5.74) is 4.51. The lowest BCUT2D eigenvalue weighted by Crippen LogP contribution is -2.20. The van der Waals surface area contributed by atoms with Gasteiger partial charge in [0.2, 0.25) is 5.91 Å². The molecule has 0 bridgehead atoms. The fourth-order valence-corrected chi connectivity index (χ4v) is 2.75. The Morgan fingerprint density at radius 3 is 2.53 bits per heavy atom. The first-order chi connectivity index (χ1) is 8.79. The molecule has 0 unspecified atom stereocenters. The normalized spacial score (nSPS) is 16.6. The molecular formula is C14H21N3OS. The Bertz CT molecular complexity index is 521. The summed E-state index contributed by atoms with van der Waals surface area (Å²) in [6, 6.07) is 0. The zero-order valence-corrected chi connectivity index (χ0v) is 13.0. The Hall–Kier alpha value is -1.23. The smallest absolute Gasteiger partial charge is 0.243 e. The molecular weight excluding hydrogens is 258 g/mol. The van der Waals surface area contributed by atoms with Crippen LogP contribution in [0.25, 0.3) is 0 Å². The van der Waals surface area contributed by atoms with Gasteiger partial charge >= 0.3 is 0 Å². The van der Waals surface area contributed by atoms with Crippen LogP contribution in [0.15, 0.2) is 5.10 Å². The maximum absolute atomic E-state index is 11.6. The van der Waals surface area contributed by atoms with Crippen LogP contribution in [0.1, 0.15) is 56.1 Å². The number of rotatable bonds is 3. The quantitative estimate of drug-likeness (QED) is 0.683. The summed E-state index contributed by atoms with van der Waals surface area (Å²) in [4.78, 5) is 17.2. The lowest BCUT2D eigenvalue weighted by atomic mass is 9.98. The molecule has 19 heavy (non-hydrogen) atoms. The van der Waals surface area contributed by atoms with Gasteiger partial charge in [0.1, 0.15) is 0 Å². The number of nitrogens with one attached hydrogen (secondary N) is 1. The third-order valence-corrected chi connectivity index (χ3v) is 4.74. The Labute approximate surface area is 118 Å². The molecule has 0 spiro atoms. The van der Waals surface area contributed by atoms with Crippen LogP contribution >= 0.6 is 11.3 Å². The van der Waals surface area contributed by atoms with E-state index in [9.17, 15) is 4.79 Å². The van der Waals surface area contributed by atoms with E-state index in [1.54, 1.807) is 11.3 Å². The van der Waals surface area contributed by atoms with E-state index in [4.69, 9.17) is 0 Å². The zero-order chi connectivity index (χ0) is 14.2. The van der Waals surface area contributed by atoms with Crippen LogP contribution in [0.2, 0.25) is 0 Å². The Morgan fingerprint density at radius 1 is 1.42 bits per heavy atom. The minimum atomic E-state index is 0.0394. The van der Waals surface area contributed by atoms with Crippen LogP contribution in [0.4, 0.5) is 0 Å². The monoisotopic (exact) mass is 279 g/mol. The van der Waals surface area contributed by atoms with Gasteiger partial charge in [-0.05, 0) is 26.7 Å². The van der Waals surface area contributed by atoms with E-state index in [2.05, 4.69) is 36.3 Å². The van der Waals surface area contributed by atoms with Gasteiger partial charge in [-0.3, -0.25) is 4.79 Å². The molecule has 0 aliphatic heterocycles. The second kappa shape index (κ2) is 5.04. The van der Waals surface area contributed by atoms with Crippen molar-refractivity contribution >= 4 is 23.0 Å². The first kappa shape index (κ1) is 14.2. The van der Waals surface area contributed by atoms with E-state index < -0.39 is 0 Å². The summed E-state index contributed by atoms with van der Waals surface area (Å²) < 4.78 is 0. The molecule has 4 nitrogen and oxygen atoms in total. The van der Waals surface area contributed by atoms with E-state index in [1.165, 1.54) is 0 Å². The van der Waals surface area contributed by atoms with Gasteiger partial charge in [0.05, 0.1) is 21.3 Å². The van der Waals surface area contributed by atoms with Crippen molar-refractivity contribution in [2.75, 3.05) is 0 Å². The molecule has 1 heterocycles. The first-order valence-corrected chi connectivity index (χ1v) is 7.43. The van der Waals surface area contributed by atoms with Crippen LogP contribution in [0.3, 0.4) is 0 Å². The lowest BCUT2D eigenvalue weighted by molar-refractivity contribution is -0.122. The van der Waals surface area contributed by atoms with Crippen molar-refractivity contribution in [2.45, 2.75) is 52.9 Å². The Balaban J connectivity index is 2.14. The van der Waals surface area contributed by atoms with Crippen molar-refractivity contribution in [3.8, 4) is 0 Å². The minimum absolute atomic E-state index is 0.0394. The summed E-state index contributed by atoms with van der Waals surface area (Å²) in [5, 5.41) is 5.30. The number of aromatic nitrogens is 1. The van der Waals surface area contributed by atoms with Gasteiger partial charge < -0.3 is 0 Å². The summed E-state index contributed by atoms with van der Waals surface area (Å²) in [6.07, 6.45) is 1.99. The topological polar surface area (TPSA) is 54.4 Å². The molecule has 1 aromatic heterocycles. The van der Waals surface area contributed by atoms with Crippen LogP contribution in [-0.2, 0) is 10.2 Å². The average Bonchev–Trinajstić information content (AvgIpc) is 3.07. The fourth-order valence-electron chi connectivity index (χ4n) is 1.68. The zero-order valence-electron chi connectivity index (χ0n) is 12.2. The number of carbonyl (C=O) groups excluding carboxylic acids is 1. The Morgan fingerprint density at radius 2 is 2.05 bits per heavy atom. The summed E-state index contributed by atoms with van der Waals surface area (Å²) in [5.74, 6) is 0.224. The van der Waals surface area contributed by atoms with Crippen molar-refractivity contribution in [2.24, 2.45) is 11.0 Å². The fraction of sp³-hybridized carbons (Fsp3) is 0.643. The number of hydrazone groups is 1. The van der Waals surface area contributed by atoms with Crippen molar-refractivity contribution in [1.29, 1.82) is 0 Å². The highest BCUT2D eigenvalue weighted by molar-refractivity contribution is 7.14. The molecule has 1 fully saturated rings. The van der Waals surface area contributed by atoms with Gasteiger partial charge in [-0.15, -0.1) is 11.3 Å². The molecule has 1 aliphatic rings. The van der Waals surface area contributed by atoms with E-state index >= 15 is 0 Å². The van der Waals surface area contributed by atoms with E-state index in [1.807, 2.05) is 13.8 Å². The lowest BCUT2D eigenvalue weighted by Gasteiger charge is -2.13. The highest BCUT2D eigenvalue weighted by atomic mass is 32.1. The van der Waals surface area contributed by atoms with Crippen molar-refractivity contribution in [1.82, 2.24) is 10.4 Å². The van der Waals surface area contributed by atoms with Crippen LogP contribution in [-0.4, -0.2) is 16.6 Å². The predicted octanol–water partition coefficient (Wildman–Crippen LogP) is 3.00. The molecule has 0 aromatic carbocycles. The number of hydrogen-bond acceptors (Lipinski definition) is 4. The number of thiazole rings is 1. The molecule has 5 heteroatoms. The maximum atomic E-state index is 11.6. The van der Waals surface area contributed by atoms with E-state index in [0.717, 1.165) is 34.1 Å². The number of aryl methyl sites for hydroxylation is 1. The maximum Gasteiger partial charge on any atom is 0.243 e. The standard InChI is InChI=1S/C14H21N3OS/c1-8-11(19-13(15-8)14(3,4)5)9(2)16-17-12(18)10-6-7-10/h10H,6-7H2,1-5H3,(H,17,18)/b16-9+. The minimum Gasteiger partial charge on any atom is -0.273 e. The SMILES string of the molecule is C/C(=N\NC(=O)C1CC1)c1sc(C(C)(C)C)nc1C. The van der Waals surface area contributed by atoms with E-state index in [-0.39, 0.29) is 17.2 Å². The van der Waals surface area contributed by atoms with Gasteiger partial charge in [0.25, 0.3) is 0 Å².